The molecular weight excluding hydrogens is 494 g/mol. The van der Waals surface area contributed by atoms with Gasteiger partial charge >= 0.3 is 0 Å². The van der Waals surface area contributed by atoms with E-state index in [0.29, 0.717) is 11.9 Å². The molecule has 1 saturated heterocycles. The van der Waals surface area contributed by atoms with Crippen LogP contribution in [0.15, 0.2) is 73.0 Å². The Morgan fingerprint density at radius 2 is 1.77 bits per heavy atom. The smallest absolute Gasteiger partial charge is 0.165 e. The standard InChI is InChI=1S/C29H33N7.2C2H6/c1-4-7-22(5-2)25-13-14-26-29(33-25)36(28(34-26)24-8-6-15-32-27(24)30)23-11-9-21(10-12-23)19-35-17-16-31-20(3)18-35;2*1-2/h4-15,20,31H,16-19H2,1-3H3,(H2,30,32);2*1-2H3/b7-4-,22-5+;;. The lowest BCUT2D eigenvalue weighted by Gasteiger charge is -2.31. The van der Waals surface area contributed by atoms with Gasteiger partial charge in [0.2, 0.25) is 0 Å². The van der Waals surface area contributed by atoms with Crippen LogP contribution in [0, 0.1) is 0 Å². The molecule has 7 nitrogen and oxygen atoms in total. The number of anilines is 1. The Morgan fingerprint density at radius 1 is 1.02 bits per heavy atom. The highest BCUT2D eigenvalue weighted by Crippen LogP contribution is 2.31. The third kappa shape index (κ3) is 7.03. The van der Waals surface area contributed by atoms with Crippen molar-refractivity contribution in [1.82, 2.24) is 29.7 Å². The maximum atomic E-state index is 6.29. The van der Waals surface area contributed by atoms with Crippen molar-refractivity contribution in [3.05, 3.63) is 84.2 Å². The van der Waals surface area contributed by atoms with Gasteiger partial charge in [0.15, 0.2) is 11.5 Å². The molecule has 0 aliphatic carbocycles. The van der Waals surface area contributed by atoms with E-state index in [4.69, 9.17) is 15.7 Å². The van der Waals surface area contributed by atoms with Gasteiger partial charge in [-0.1, -0.05) is 58.1 Å². The van der Waals surface area contributed by atoms with Crippen LogP contribution in [0.5, 0.6) is 0 Å². The Labute approximate surface area is 239 Å². The molecule has 3 aromatic heterocycles. The first-order chi connectivity index (χ1) is 19.6. The van der Waals surface area contributed by atoms with Gasteiger partial charge in [0.1, 0.15) is 11.3 Å². The van der Waals surface area contributed by atoms with Crippen LogP contribution in [0.4, 0.5) is 5.82 Å². The Balaban J connectivity index is 0.00000106. The molecule has 1 unspecified atom stereocenters. The first kappa shape index (κ1) is 30.7. The second kappa shape index (κ2) is 15.1. The minimum Gasteiger partial charge on any atom is -0.383 e. The van der Waals surface area contributed by atoms with Crippen LogP contribution in [-0.4, -0.2) is 50.1 Å². The maximum Gasteiger partial charge on any atom is 0.165 e. The number of allylic oxidation sites excluding steroid dienone is 4. The zero-order valence-corrected chi connectivity index (χ0v) is 25.1. The van der Waals surface area contributed by atoms with Crippen molar-refractivity contribution >= 4 is 22.6 Å². The number of fused-ring (bicyclic) bond motifs is 1. The van der Waals surface area contributed by atoms with Crippen molar-refractivity contribution in [1.29, 1.82) is 0 Å². The summed E-state index contributed by atoms with van der Waals surface area (Å²) >= 11 is 0. The number of nitrogen functional groups attached to an aromatic ring is 1. The van der Waals surface area contributed by atoms with Crippen LogP contribution in [0.25, 0.3) is 33.8 Å². The van der Waals surface area contributed by atoms with Crippen molar-refractivity contribution < 1.29 is 0 Å². The van der Waals surface area contributed by atoms with Gasteiger partial charge in [0.25, 0.3) is 0 Å². The number of aromatic nitrogens is 4. The van der Waals surface area contributed by atoms with E-state index < -0.39 is 0 Å². The highest BCUT2D eigenvalue weighted by molar-refractivity contribution is 5.85. The largest absolute Gasteiger partial charge is 0.383 e. The lowest BCUT2D eigenvalue weighted by atomic mass is 10.1. The molecule has 0 saturated carbocycles. The summed E-state index contributed by atoms with van der Waals surface area (Å²) in [5, 5.41) is 3.51. The van der Waals surface area contributed by atoms with Crippen molar-refractivity contribution in [3.8, 4) is 17.1 Å². The van der Waals surface area contributed by atoms with Gasteiger partial charge in [0.05, 0.1) is 11.3 Å². The summed E-state index contributed by atoms with van der Waals surface area (Å²) in [7, 11) is 0. The van der Waals surface area contributed by atoms with E-state index in [2.05, 4.69) is 63.1 Å². The number of pyridine rings is 2. The third-order valence-electron chi connectivity index (χ3n) is 6.59. The Kier molecular flexibility index (Phi) is 11.6. The fraction of sp³-hybridized carbons (Fsp3) is 0.364. The van der Waals surface area contributed by atoms with Crippen LogP contribution in [-0.2, 0) is 6.54 Å². The number of hydrogen-bond acceptors (Lipinski definition) is 6. The summed E-state index contributed by atoms with van der Waals surface area (Å²) in [6, 6.07) is 17.1. The SMILES string of the molecule is C/C=C\C(=C/C)c1ccc2nc(-c3cccnc3N)n(-c3ccc(CN4CCNC(C)C4)cc3)c2n1.CC.CC. The van der Waals surface area contributed by atoms with E-state index in [9.17, 15) is 0 Å². The normalized spacial score (nSPS) is 15.9. The predicted molar refractivity (Wildman–Crippen MR) is 170 cm³/mol. The molecule has 0 spiro atoms. The molecule has 7 heteroatoms. The highest BCUT2D eigenvalue weighted by Gasteiger charge is 2.19. The molecule has 40 heavy (non-hydrogen) atoms. The predicted octanol–water partition coefficient (Wildman–Crippen LogP) is 6.89. The van der Waals surface area contributed by atoms with Gasteiger partial charge in [-0.15, -0.1) is 0 Å². The van der Waals surface area contributed by atoms with Gasteiger partial charge in [0, 0.05) is 44.1 Å². The molecule has 5 rings (SSSR count). The van der Waals surface area contributed by atoms with Gasteiger partial charge in [-0.25, -0.2) is 15.0 Å². The first-order valence-electron chi connectivity index (χ1n) is 14.5. The molecule has 0 bridgehead atoms. The van der Waals surface area contributed by atoms with Gasteiger partial charge in [-0.3, -0.25) is 9.47 Å². The van der Waals surface area contributed by atoms with E-state index in [1.165, 1.54) is 5.56 Å². The van der Waals surface area contributed by atoms with Crippen LogP contribution in [0.1, 0.15) is 59.7 Å². The number of piperazine rings is 1. The molecule has 0 radical (unpaired) electrons. The first-order valence-corrected chi connectivity index (χ1v) is 14.5. The summed E-state index contributed by atoms with van der Waals surface area (Å²) in [5.41, 5.74) is 12.9. The van der Waals surface area contributed by atoms with Gasteiger partial charge < -0.3 is 11.1 Å². The zero-order valence-electron chi connectivity index (χ0n) is 25.1. The van der Waals surface area contributed by atoms with Gasteiger partial charge in [-0.05, 0) is 68.3 Å². The molecule has 1 aliphatic heterocycles. The quantitative estimate of drug-likeness (QED) is 0.260. The molecule has 0 amide bonds. The molecule has 3 N–H and O–H groups in total. The summed E-state index contributed by atoms with van der Waals surface area (Å²) in [4.78, 5) is 16.8. The number of nitrogens with two attached hydrogens (primary N) is 1. The fourth-order valence-electron chi connectivity index (χ4n) is 4.82. The Bertz CT molecular complexity index is 1420. The number of imidazole rings is 1. The van der Waals surface area contributed by atoms with Crippen molar-refractivity contribution in [2.24, 2.45) is 0 Å². The lowest BCUT2D eigenvalue weighted by molar-refractivity contribution is 0.199. The minimum atomic E-state index is 0.446. The van der Waals surface area contributed by atoms with E-state index in [1.807, 2.05) is 71.9 Å². The number of benzene rings is 1. The molecule has 1 fully saturated rings. The van der Waals surface area contributed by atoms with Crippen LogP contribution >= 0.6 is 0 Å². The van der Waals surface area contributed by atoms with Crippen molar-refractivity contribution in [3.63, 3.8) is 0 Å². The average Bonchev–Trinajstić information content (AvgIpc) is 3.37. The molecule has 1 aromatic carbocycles. The Hall–Kier alpha value is -3.81. The van der Waals surface area contributed by atoms with Crippen molar-refractivity contribution in [2.75, 3.05) is 25.4 Å². The van der Waals surface area contributed by atoms with E-state index in [0.717, 1.165) is 65.7 Å². The lowest BCUT2D eigenvalue weighted by Crippen LogP contribution is -2.48. The number of nitrogens with zero attached hydrogens (tertiary/aromatic N) is 5. The van der Waals surface area contributed by atoms with Crippen LogP contribution in [0.3, 0.4) is 0 Å². The second-order valence-corrected chi connectivity index (χ2v) is 9.25. The number of hydrogen-bond donors (Lipinski definition) is 2. The summed E-state index contributed by atoms with van der Waals surface area (Å²) in [6.45, 7) is 18.4. The van der Waals surface area contributed by atoms with Gasteiger partial charge in [-0.2, -0.15) is 0 Å². The molecule has 4 heterocycles. The van der Waals surface area contributed by atoms with E-state index in [-0.39, 0.29) is 0 Å². The minimum absolute atomic E-state index is 0.446. The monoisotopic (exact) mass is 539 g/mol. The summed E-state index contributed by atoms with van der Waals surface area (Å²) < 4.78 is 2.09. The van der Waals surface area contributed by atoms with Crippen LogP contribution in [0.2, 0.25) is 0 Å². The zero-order chi connectivity index (χ0) is 29.1. The molecule has 1 atom stereocenters. The molecular formula is C33H45N7. The average molecular weight is 540 g/mol. The van der Waals surface area contributed by atoms with E-state index in [1.54, 1.807) is 6.20 Å². The summed E-state index contributed by atoms with van der Waals surface area (Å²) in [5.74, 6) is 1.18. The number of rotatable bonds is 6. The Morgan fingerprint density at radius 3 is 2.42 bits per heavy atom. The molecule has 212 valence electrons. The third-order valence-corrected chi connectivity index (χ3v) is 6.59. The maximum absolute atomic E-state index is 6.29. The van der Waals surface area contributed by atoms with Crippen LogP contribution < -0.4 is 11.1 Å². The molecule has 1 aliphatic rings. The molecule has 4 aromatic rings. The fourth-order valence-corrected chi connectivity index (χ4v) is 4.82. The summed E-state index contributed by atoms with van der Waals surface area (Å²) in [6.07, 6.45) is 7.86. The van der Waals surface area contributed by atoms with Crippen molar-refractivity contribution in [2.45, 2.75) is 61.1 Å². The van der Waals surface area contributed by atoms with E-state index >= 15 is 0 Å². The highest BCUT2D eigenvalue weighted by atomic mass is 15.2. The topological polar surface area (TPSA) is 84.9 Å². The second-order valence-electron chi connectivity index (χ2n) is 9.25. The number of nitrogens with one attached hydrogen (secondary N) is 1.